The average molecular weight is 254 g/mol. The zero-order valence-corrected chi connectivity index (χ0v) is 11.0. The number of sulfonamides is 1. The first-order valence-corrected chi connectivity index (χ1v) is 7.25. The van der Waals surface area contributed by atoms with E-state index in [0.717, 1.165) is 29.5 Å². The molecule has 94 valence electrons. The molecule has 2 rings (SSSR count). The van der Waals surface area contributed by atoms with E-state index in [1.165, 1.54) is 0 Å². The van der Waals surface area contributed by atoms with Crippen LogP contribution >= 0.6 is 0 Å². The van der Waals surface area contributed by atoms with E-state index in [4.69, 9.17) is 5.73 Å². The van der Waals surface area contributed by atoms with Crippen LogP contribution in [0.1, 0.15) is 29.5 Å². The monoisotopic (exact) mass is 254 g/mol. The van der Waals surface area contributed by atoms with Gasteiger partial charge >= 0.3 is 0 Å². The third-order valence-corrected chi connectivity index (χ3v) is 4.75. The van der Waals surface area contributed by atoms with Gasteiger partial charge in [0.05, 0.1) is 4.90 Å². The number of benzene rings is 1. The molecule has 0 saturated heterocycles. The highest BCUT2D eigenvalue weighted by Gasteiger charge is 2.29. The summed E-state index contributed by atoms with van der Waals surface area (Å²) in [5, 5.41) is 0. The summed E-state index contributed by atoms with van der Waals surface area (Å²) in [6.07, 6.45) is 1.88. The standard InChI is InChI=1S/C12H18N2O2S/c1-8-5-10(7-13)6-12(9(8)2)17(15,16)14-11-3-4-11/h5-6,11,14H,3-4,7,13H2,1-2H3. The molecule has 17 heavy (non-hydrogen) atoms. The van der Waals surface area contributed by atoms with Crippen LogP contribution < -0.4 is 10.5 Å². The Labute approximate surface area is 102 Å². The van der Waals surface area contributed by atoms with E-state index in [0.29, 0.717) is 11.4 Å². The first-order valence-electron chi connectivity index (χ1n) is 5.76. The van der Waals surface area contributed by atoms with E-state index in [9.17, 15) is 8.42 Å². The molecule has 5 heteroatoms. The largest absolute Gasteiger partial charge is 0.326 e. The van der Waals surface area contributed by atoms with Crippen LogP contribution in [0.25, 0.3) is 0 Å². The summed E-state index contributed by atoms with van der Waals surface area (Å²) in [5.74, 6) is 0. The molecule has 0 bridgehead atoms. The van der Waals surface area contributed by atoms with Crippen molar-refractivity contribution in [2.75, 3.05) is 0 Å². The normalized spacial score (nSPS) is 16.2. The van der Waals surface area contributed by atoms with Gasteiger partial charge in [-0.25, -0.2) is 13.1 Å². The second kappa shape index (κ2) is 4.40. The Morgan fingerprint density at radius 2 is 2.00 bits per heavy atom. The maximum atomic E-state index is 12.2. The molecule has 1 saturated carbocycles. The molecule has 0 amide bonds. The van der Waals surface area contributed by atoms with Crippen molar-refractivity contribution in [3.05, 3.63) is 28.8 Å². The molecule has 1 aromatic carbocycles. The van der Waals surface area contributed by atoms with Gasteiger partial charge < -0.3 is 5.73 Å². The molecular weight excluding hydrogens is 236 g/mol. The molecule has 1 aliphatic carbocycles. The van der Waals surface area contributed by atoms with Crippen molar-refractivity contribution in [1.29, 1.82) is 0 Å². The molecule has 0 heterocycles. The topological polar surface area (TPSA) is 72.2 Å². The van der Waals surface area contributed by atoms with Crippen LogP contribution in [-0.4, -0.2) is 14.5 Å². The van der Waals surface area contributed by atoms with E-state index in [1.54, 1.807) is 6.07 Å². The van der Waals surface area contributed by atoms with Crippen LogP contribution in [0.15, 0.2) is 17.0 Å². The van der Waals surface area contributed by atoms with Gasteiger partial charge in [0.15, 0.2) is 0 Å². The first-order chi connectivity index (χ1) is 7.94. The summed E-state index contributed by atoms with van der Waals surface area (Å²) in [5.41, 5.74) is 8.19. The SMILES string of the molecule is Cc1cc(CN)cc(S(=O)(=O)NC2CC2)c1C. The van der Waals surface area contributed by atoms with Crippen LogP contribution in [0, 0.1) is 13.8 Å². The van der Waals surface area contributed by atoms with Gasteiger partial charge in [-0.15, -0.1) is 0 Å². The Morgan fingerprint density at radius 1 is 1.35 bits per heavy atom. The minimum Gasteiger partial charge on any atom is -0.326 e. The van der Waals surface area contributed by atoms with Crippen molar-refractivity contribution >= 4 is 10.0 Å². The third-order valence-electron chi connectivity index (χ3n) is 3.10. The fourth-order valence-corrected chi connectivity index (χ4v) is 3.45. The van der Waals surface area contributed by atoms with E-state index in [-0.39, 0.29) is 6.04 Å². The maximum absolute atomic E-state index is 12.2. The molecule has 4 nitrogen and oxygen atoms in total. The predicted octanol–water partition coefficient (Wildman–Crippen LogP) is 1.20. The summed E-state index contributed by atoms with van der Waals surface area (Å²) in [6, 6.07) is 3.74. The molecule has 0 spiro atoms. The molecule has 0 radical (unpaired) electrons. The molecule has 0 aliphatic heterocycles. The molecule has 3 N–H and O–H groups in total. The molecule has 1 fully saturated rings. The van der Waals surface area contributed by atoms with Gasteiger partial charge in [0.25, 0.3) is 0 Å². The lowest BCUT2D eigenvalue weighted by Gasteiger charge is -2.12. The minimum absolute atomic E-state index is 0.126. The zero-order chi connectivity index (χ0) is 12.6. The molecule has 1 aliphatic rings. The first kappa shape index (κ1) is 12.5. The predicted molar refractivity (Wildman–Crippen MR) is 67.2 cm³/mol. The van der Waals surface area contributed by atoms with Crippen molar-refractivity contribution in [2.45, 2.75) is 44.2 Å². The van der Waals surface area contributed by atoms with E-state index < -0.39 is 10.0 Å². The summed E-state index contributed by atoms with van der Waals surface area (Å²) in [6.45, 7) is 4.09. The van der Waals surface area contributed by atoms with E-state index in [1.807, 2.05) is 19.9 Å². The smallest absolute Gasteiger partial charge is 0.241 e. The molecule has 0 unspecified atom stereocenters. The molecule has 0 atom stereocenters. The Hall–Kier alpha value is -0.910. The third kappa shape index (κ3) is 2.68. The highest BCUT2D eigenvalue weighted by Crippen LogP contribution is 2.25. The van der Waals surface area contributed by atoms with Crippen LogP contribution in [0.4, 0.5) is 0 Å². The summed E-state index contributed by atoms with van der Waals surface area (Å²) < 4.78 is 27.0. The van der Waals surface area contributed by atoms with Crippen molar-refractivity contribution in [3.63, 3.8) is 0 Å². The van der Waals surface area contributed by atoms with Crippen molar-refractivity contribution in [2.24, 2.45) is 5.73 Å². The van der Waals surface area contributed by atoms with Gasteiger partial charge in [0.1, 0.15) is 0 Å². The van der Waals surface area contributed by atoms with E-state index >= 15 is 0 Å². The number of aryl methyl sites for hydroxylation is 1. The second-order valence-electron chi connectivity index (χ2n) is 4.64. The lowest BCUT2D eigenvalue weighted by molar-refractivity contribution is 0.580. The van der Waals surface area contributed by atoms with Crippen LogP contribution in [-0.2, 0) is 16.6 Å². The van der Waals surface area contributed by atoms with Gasteiger partial charge in [-0.05, 0) is 49.4 Å². The van der Waals surface area contributed by atoms with Crippen molar-refractivity contribution in [1.82, 2.24) is 4.72 Å². The molecular formula is C12H18N2O2S. The Bertz CT molecular complexity index is 534. The summed E-state index contributed by atoms with van der Waals surface area (Å²) in [4.78, 5) is 0.366. The second-order valence-corrected chi connectivity index (χ2v) is 6.32. The molecule has 0 aromatic heterocycles. The summed E-state index contributed by atoms with van der Waals surface area (Å²) >= 11 is 0. The maximum Gasteiger partial charge on any atom is 0.241 e. The number of rotatable bonds is 4. The Balaban J connectivity index is 2.45. The minimum atomic E-state index is -3.39. The number of hydrogen-bond donors (Lipinski definition) is 2. The zero-order valence-electron chi connectivity index (χ0n) is 10.2. The quantitative estimate of drug-likeness (QED) is 0.848. The molecule has 1 aromatic rings. The number of nitrogens with one attached hydrogen (secondary N) is 1. The van der Waals surface area contributed by atoms with Crippen LogP contribution in [0.3, 0.4) is 0 Å². The van der Waals surface area contributed by atoms with Gasteiger partial charge in [-0.3, -0.25) is 0 Å². The van der Waals surface area contributed by atoms with Crippen LogP contribution in [0.5, 0.6) is 0 Å². The summed E-state index contributed by atoms with van der Waals surface area (Å²) in [7, 11) is -3.39. The van der Waals surface area contributed by atoms with Crippen molar-refractivity contribution < 1.29 is 8.42 Å². The lowest BCUT2D eigenvalue weighted by Crippen LogP contribution is -2.26. The van der Waals surface area contributed by atoms with E-state index in [2.05, 4.69) is 4.72 Å². The fourth-order valence-electron chi connectivity index (χ4n) is 1.78. The average Bonchev–Trinajstić information content (AvgIpc) is 3.04. The number of nitrogens with two attached hydrogens (primary N) is 1. The van der Waals surface area contributed by atoms with Crippen LogP contribution in [0.2, 0.25) is 0 Å². The van der Waals surface area contributed by atoms with Crippen molar-refractivity contribution in [3.8, 4) is 0 Å². The fraction of sp³-hybridized carbons (Fsp3) is 0.500. The van der Waals surface area contributed by atoms with Gasteiger partial charge in [0.2, 0.25) is 10.0 Å². The highest BCUT2D eigenvalue weighted by atomic mass is 32.2. The number of hydrogen-bond acceptors (Lipinski definition) is 3. The lowest BCUT2D eigenvalue weighted by atomic mass is 10.1. The van der Waals surface area contributed by atoms with Gasteiger partial charge in [-0.1, -0.05) is 6.07 Å². The van der Waals surface area contributed by atoms with Gasteiger partial charge in [-0.2, -0.15) is 0 Å². The Morgan fingerprint density at radius 3 is 2.53 bits per heavy atom. The van der Waals surface area contributed by atoms with Gasteiger partial charge in [0, 0.05) is 12.6 Å². The highest BCUT2D eigenvalue weighted by molar-refractivity contribution is 7.89. The Kier molecular flexibility index (Phi) is 3.25.